The molecule has 0 aliphatic carbocycles. The topological polar surface area (TPSA) is 89.7 Å². The van der Waals surface area contributed by atoms with Crippen molar-refractivity contribution < 1.29 is 17.9 Å². The summed E-state index contributed by atoms with van der Waals surface area (Å²) in [5, 5.41) is 0.379. The van der Waals surface area contributed by atoms with Gasteiger partial charge in [-0.05, 0) is 31.4 Å². The molecule has 1 aromatic rings. The van der Waals surface area contributed by atoms with Crippen molar-refractivity contribution >= 4 is 27.5 Å². The Morgan fingerprint density at radius 1 is 1.39 bits per heavy atom. The molecule has 0 bridgehead atoms. The molecule has 0 atom stereocenters. The Morgan fingerprint density at radius 2 is 2.04 bits per heavy atom. The van der Waals surface area contributed by atoms with E-state index in [2.05, 4.69) is 0 Å². The minimum absolute atomic E-state index is 0.144. The van der Waals surface area contributed by atoms with E-state index in [1.807, 2.05) is 6.92 Å². The van der Waals surface area contributed by atoms with Gasteiger partial charge in [-0.2, -0.15) is 4.31 Å². The number of amides is 1. The van der Waals surface area contributed by atoms with Crippen LogP contribution in [-0.2, 0) is 14.8 Å². The Morgan fingerprint density at radius 3 is 2.61 bits per heavy atom. The van der Waals surface area contributed by atoms with Gasteiger partial charge in [0.2, 0.25) is 15.9 Å². The first kappa shape index (κ1) is 18.0. The van der Waals surface area contributed by atoms with Crippen molar-refractivity contribution in [2.45, 2.75) is 31.1 Å². The van der Waals surface area contributed by atoms with Gasteiger partial charge in [-0.1, -0.05) is 18.5 Å². The quantitative estimate of drug-likeness (QED) is 0.840. The summed E-state index contributed by atoms with van der Waals surface area (Å²) in [5.74, 6) is -0.263. The molecule has 1 saturated heterocycles. The molecular formula is C15H21ClN2O4S. The molecule has 1 heterocycles. The van der Waals surface area contributed by atoms with Crippen LogP contribution in [0.1, 0.15) is 26.2 Å². The third kappa shape index (κ3) is 4.16. The van der Waals surface area contributed by atoms with Crippen molar-refractivity contribution in [1.29, 1.82) is 0 Å². The van der Waals surface area contributed by atoms with Gasteiger partial charge in [0.25, 0.3) is 0 Å². The fourth-order valence-corrected chi connectivity index (χ4v) is 4.15. The van der Waals surface area contributed by atoms with Crippen LogP contribution in [0.3, 0.4) is 0 Å². The molecule has 23 heavy (non-hydrogen) atoms. The zero-order valence-corrected chi connectivity index (χ0v) is 14.6. The van der Waals surface area contributed by atoms with Crippen LogP contribution in [0, 0.1) is 5.92 Å². The third-order valence-electron chi connectivity index (χ3n) is 3.86. The van der Waals surface area contributed by atoms with Crippen LogP contribution in [0.4, 0.5) is 0 Å². The Balaban J connectivity index is 2.18. The molecule has 1 aliphatic rings. The summed E-state index contributed by atoms with van der Waals surface area (Å²) in [4.78, 5) is 11.3. The van der Waals surface area contributed by atoms with E-state index in [1.165, 1.54) is 22.5 Å². The van der Waals surface area contributed by atoms with Crippen molar-refractivity contribution in [2.75, 3.05) is 19.7 Å². The fraction of sp³-hybridized carbons (Fsp3) is 0.533. The van der Waals surface area contributed by atoms with E-state index in [0.29, 0.717) is 30.2 Å². The lowest BCUT2D eigenvalue weighted by Gasteiger charge is -2.29. The van der Waals surface area contributed by atoms with E-state index in [4.69, 9.17) is 22.1 Å². The van der Waals surface area contributed by atoms with Crippen molar-refractivity contribution in [3.63, 3.8) is 0 Å². The molecule has 8 heteroatoms. The molecule has 0 aromatic heterocycles. The zero-order chi connectivity index (χ0) is 17.0. The highest BCUT2D eigenvalue weighted by Crippen LogP contribution is 2.30. The number of carbonyl (C=O) groups is 1. The number of piperidine rings is 1. The summed E-state index contributed by atoms with van der Waals surface area (Å²) in [5.41, 5.74) is 5.28. The maximum atomic E-state index is 12.7. The molecule has 0 spiro atoms. The van der Waals surface area contributed by atoms with Crippen molar-refractivity contribution in [3.05, 3.63) is 23.2 Å². The van der Waals surface area contributed by atoms with Crippen LogP contribution in [0.5, 0.6) is 5.75 Å². The summed E-state index contributed by atoms with van der Waals surface area (Å²) in [6.45, 7) is 2.98. The van der Waals surface area contributed by atoms with E-state index >= 15 is 0 Å². The second-order valence-electron chi connectivity index (χ2n) is 5.52. The summed E-state index contributed by atoms with van der Waals surface area (Å²) in [6.07, 6.45) is 1.69. The minimum Gasteiger partial charge on any atom is -0.492 e. The van der Waals surface area contributed by atoms with Crippen LogP contribution >= 0.6 is 11.6 Å². The molecule has 1 aliphatic heterocycles. The average molecular weight is 361 g/mol. The number of benzene rings is 1. The molecule has 1 aromatic carbocycles. The molecule has 0 radical (unpaired) electrons. The van der Waals surface area contributed by atoms with E-state index in [1.54, 1.807) is 0 Å². The number of primary amides is 1. The molecule has 1 fully saturated rings. The number of nitrogens with two attached hydrogens (primary N) is 1. The second-order valence-corrected chi connectivity index (χ2v) is 7.87. The van der Waals surface area contributed by atoms with Gasteiger partial charge in [0.15, 0.2) is 0 Å². The predicted octanol–water partition coefficient (Wildman–Crippen LogP) is 2.01. The smallest absolute Gasteiger partial charge is 0.243 e. The van der Waals surface area contributed by atoms with Crippen molar-refractivity contribution in [2.24, 2.45) is 11.7 Å². The summed E-state index contributed by atoms with van der Waals surface area (Å²) in [6, 6.07) is 4.44. The van der Waals surface area contributed by atoms with Gasteiger partial charge in [0.1, 0.15) is 5.75 Å². The average Bonchev–Trinajstić information content (AvgIpc) is 2.54. The lowest BCUT2D eigenvalue weighted by atomic mass is 9.98. The van der Waals surface area contributed by atoms with Crippen molar-refractivity contribution in [3.8, 4) is 5.75 Å². The van der Waals surface area contributed by atoms with Crippen LogP contribution < -0.4 is 10.5 Å². The van der Waals surface area contributed by atoms with E-state index in [9.17, 15) is 13.2 Å². The fourth-order valence-electron chi connectivity index (χ4n) is 2.50. The first-order valence-corrected chi connectivity index (χ1v) is 9.40. The largest absolute Gasteiger partial charge is 0.492 e. The van der Waals surface area contributed by atoms with Gasteiger partial charge in [-0.25, -0.2) is 8.42 Å². The Hall–Kier alpha value is -1.31. The maximum absolute atomic E-state index is 12.7. The minimum atomic E-state index is -3.63. The maximum Gasteiger partial charge on any atom is 0.243 e. The number of carbonyl (C=O) groups excluding carboxylic acids is 1. The standard InChI is InChI=1S/C15H21ClN2O4S/c1-2-9-22-14-10-12(3-4-13(14)16)23(20,21)18-7-5-11(6-8-18)15(17)19/h3-4,10-11H,2,5-9H2,1H3,(H2,17,19). The lowest BCUT2D eigenvalue weighted by Crippen LogP contribution is -2.41. The van der Waals surface area contributed by atoms with Gasteiger partial charge in [-0.15, -0.1) is 0 Å². The summed E-state index contributed by atoms with van der Waals surface area (Å²) >= 11 is 6.04. The second kappa shape index (κ2) is 7.51. The van der Waals surface area contributed by atoms with E-state index in [-0.39, 0.29) is 29.8 Å². The first-order valence-electron chi connectivity index (χ1n) is 7.58. The number of nitrogens with zero attached hydrogens (tertiary/aromatic N) is 1. The summed E-state index contributed by atoms with van der Waals surface area (Å²) in [7, 11) is -3.63. The van der Waals surface area contributed by atoms with Gasteiger partial charge in [0, 0.05) is 25.1 Å². The number of hydrogen-bond donors (Lipinski definition) is 1. The zero-order valence-electron chi connectivity index (χ0n) is 13.0. The SMILES string of the molecule is CCCOc1cc(S(=O)(=O)N2CCC(C(N)=O)CC2)ccc1Cl. The van der Waals surface area contributed by atoms with Gasteiger partial charge >= 0.3 is 0 Å². The normalized spacial score (nSPS) is 17.1. The monoisotopic (exact) mass is 360 g/mol. The van der Waals surface area contributed by atoms with Crippen LogP contribution in [-0.4, -0.2) is 38.3 Å². The Labute approximate surface area is 141 Å². The van der Waals surface area contributed by atoms with Crippen LogP contribution in [0.25, 0.3) is 0 Å². The number of halogens is 1. The van der Waals surface area contributed by atoms with Gasteiger partial charge < -0.3 is 10.5 Å². The molecule has 0 unspecified atom stereocenters. The van der Waals surface area contributed by atoms with Gasteiger partial charge in [0.05, 0.1) is 16.5 Å². The van der Waals surface area contributed by atoms with Crippen LogP contribution in [0.15, 0.2) is 23.1 Å². The first-order chi connectivity index (χ1) is 10.9. The number of hydrogen-bond acceptors (Lipinski definition) is 4. The van der Waals surface area contributed by atoms with E-state index < -0.39 is 10.0 Å². The Bertz CT molecular complexity index is 670. The highest BCUT2D eigenvalue weighted by atomic mass is 35.5. The van der Waals surface area contributed by atoms with Crippen LogP contribution in [0.2, 0.25) is 5.02 Å². The molecule has 128 valence electrons. The lowest BCUT2D eigenvalue weighted by molar-refractivity contribution is -0.122. The highest BCUT2D eigenvalue weighted by Gasteiger charge is 2.31. The highest BCUT2D eigenvalue weighted by molar-refractivity contribution is 7.89. The summed E-state index contributed by atoms with van der Waals surface area (Å²) < 4.78 is 32.3. The molecule has 1 amide bonds. The predicted molar refractivity (Wildman–Crippen MR) is 87.9 cm³/mol. The molecule has 2 rings (SSSR count). The number of sulfonamides is 1. The van der Waals surface area contributed by atoms with Crippen molar-refractivity contribution in [1.82, 2.24) is 4.31 Å². The Kier molecular flexibility index (Phi) is 5.89. The molecule has 6 nitrogen and oxygen atoms in total. The number of rotatable bonds is 6. The number of ether oxygens (including phenoxy) is 1. The van der Waals surface area contributed by atoms with E-state index in [0.717, 1.165) is 6.42 Å². The van der Waals surface area contributed by atoms with Gasteiger partial charge in [-0.3, -0.25) is 4.79 Å². The molecule has 0 saturated carbocycles. The molecular weight excluding hydrogens is 340 g/mol. The third-order valence-corrected chi connectivity index (χ3v) is 6.07. The molecule has 2 N–H and O–H groups in total.